The van der Waals surface area contributed by atoms with Crippen molar-refractivity contribution in [1.29, 1.82) is 0 Å². The van der Waals surface area contributed by atoms with Gasteiger partial charge in [0.2, 0.25) is 0 Å². The van der Waals surface area contributed by atoms with Gasteiger partial charge in [0, 0.05) is 16.9 Å². The van der Waals surface area contributed by atoms with Gasteiger partial charge in [-0.05, 0) is 38.8 Å². The minimum Gasteiger partial charge on any atom is -0.349 e. The molecule has 0 aromatic heterocycles. The Kier molecular flexibility index (Phi) is 5.69. The summed E-state index contributed by atoms with van der Waals surface area (Å²) in [5.74, 6) is 0.0320. The van der Waals surface area contributed by atoms with Crippen molar-refractivity contribution in [2.75, 3.05) is 5.33 Å². The molecular weight excluding hydrogens is 278 g/mol. The Morgan fingerprint density at radius 3 is 2.35 bits per heavy atom. The number of aryl methyl sites for hydroxylation is 2. The van der Waals surface area contributed by atoms with Crippen LogP contribution in [-0.2, 0) is 0 Å². The van der Waals surface area contributed by atoms with Gasteiger partial charge in [0.15, 0.2) is 0 Å². The van der Waals surface area contributed by atoms with E-state index in [2.05, 4.69) is 34.2 Å². The van der Waals surface area contributed by atoms with E-state index in [1.54, 1.807) is 0 Å². The van der Waals surface area contributed by atoms with Crippen molar-refractivity contribution in [3.05, 3.63) is 34.9 Å². The molecule has 1 rings (SSSR count). The van der Waals surface area contributed by atoms with Gasteiger partial charge in [0.25, 0.3) is 5.91 Å². The summed E-state index contributed by atoms with van der Waals surface area (Å²) < 4.78 is 0. The molecule has 1 amide bonds. The van der Waals surface area contributed by atoms with Crippen LogP contribution >= 0.6 is 15.9 Å². The van der Waals surface area contributed by atoms with Crippen LogP contribution in [0.4, 0.5) is 0 Å². The summed E-state index contributed by atoms with van der Waals surface area (Å²) in [5, 5.41) is 3.98. The lowest BCUT2D eigenvalue weighted by Crippen LogP contribution is -2.34. The van der Waals surface area contributed by atoms with E-state index in [4.69, 9.17) is 0 Å². The average Bonchev–Trinajstić information content (AvgIpc) is 2.27. The fourth-order valence-corrected chi connectivity index (χ4v) is 2.44. The lowest BCUT2D eigenvalue weighted by molar-refractivity contribution is 0.0935. The summed E-state index contributed by atoms with van der Waals surface area (Å²) in [6.45, 7) is 6.12. The zero-order valence-electron chi connectivity index (χ0n) is 10.7. The smallest absolute Gasteiger partial charge is 0.251 e. The molecule has 1 unspecified atom stereocenters. The number of carbonyl (C=O) groups is 1. The molecule has 17 heavy (non-hydrogen) atoms. The molecule has 1 atom stereocenters. The first-order valence-electron chi connectivity index (χ1n) is 6.02. The predicted octanol–water partition coefficient (Wildman–Crippen LogP) is 3.60. The minimum absolute atomic E-state index is 0.0320. The van der Waals surface area contributed by atoms with Gasteiger partial charge in [-0.2, -0.15) is 0 Å². The standard InChI is InChI=1S/C14H20BrNO/c1-4-13(5-6-15)16-14(17)12-8-10(2)7-11(3)9-12/h7-9,13H,4-6H2,1-3H3,(H,16,17). The fourth-order valence-electron chi connectivity index (χ4n) is 1.88. The highest BCUT2D eigenvalue weighted by Gasteiger charge is 2.12. The third-order valence-electron chi connectivity index (χ3n) is 2.77. The van der Waals surface area contributed by atoms with Crippen LogP contribution in [0.3, 0.4) is 0 Å². The predicted molar refractivity (Wildman–Crippen MR) is 75.9 cm³/mol. The molecule has 2 nitrogen and oxygen atoms in total. The van der Waals surface area contributed by atoms with Crippen molar-refractivity contribution in [2.45, 2.75) is 39.7 Å². The van der Waals surface area contributed by atoms with Crippen LogP contribution in [0, 0.1) is 13.8 Å². The first-order valence-corrected chi connectivity index (χ1v) is 7.14. The first-order chi connectivity index (χ1) is 8.06. The molecule has 0 radical (unpaired) electrons. The second-order valence-corrected chi connectivity index (χ2v) is 5.23. The SMILES string of the molecule is CCC(CCBr)NC(=O)c1cc(C)cc(C)c1. The summed E-state index contributed by atoms with van der Waals surface area (Å²) in [7, 11) is 0. The third kappa shape index (κ3) is 4.50. The Hall–Kier alpha value is -0.830. The van der Waals surface area contributed by atoms with Gasteiger partial charge in [-0.25, -0.2) is 0 Å². The van der Waals surface area contributed by atoms with Crippen molar-refractivity contribution in [2.24, 2.45) is 0 Å². The molecule has 1 aromatic rings. The number of hydrogen-bond acceptors (Lipinski definition) is 1. The molecule has 94 valence electrons. The van der Waals surface area contributed by atoms with E-state index in [0.29, 0.717) is 0 Å². The Labute approximate surface area is 112 Å². The zero-order chi connectivity index (χ0) is 12.8. The quantitative estimate of drug-likeness (QED) is 0.827. The van der Waals surface area contributed by atoms with Crippen LogP contribution in [-0.4, -0.2) is 17.3 Å². The number of nitrogens with one attached hydrogen (secondary N) is 1. The molecule has 0 saturated heterocycles. The van der Waals surface area contributed by atoms with Crippen molar-refractivity contribution in [1.82, 2.24) is 5.32 Å². The monoisotopic (exact) mass is 297 g/mol. The molecular formula is C14H20BrNO. The maximum atomic E-state index is 12.1. The van der Waals surface area contributed by atoms with E-state index in [0.717, 1.165) is 34.9 Å². The van der Waals surface area contributed by atoms with Crippen molar-refractivity contribution in [3.63, 3.8) is 0 Å². The van der Waals surface area contributed by atoms with Gasteiger partial charge < -0.3 is 5.32 Å². The highest BCUT2D eigenvalue weighted by Crippen LogP contribution is 2.10. The first kappa shape index (κ1) is 14.2. The number of rotatable bonds is 5. The highest BCUT2D eigenvalue weighted by molar-refractivity contribution is 9.09. The topological polar surface area (TPSA) is 29.1 Å². The van der Waals surface area contributed by atoms with Crippen LogP contribution in [0.1, 0.15) is 41.3 Å². The Morgan fingerprint density at radius 1 is 1.29 bits per heavy atom. The summed E-state index contributed by atoms with van der Waals surface area (Å²) in [4.78, 5) is 12.1. The lowest BCUT2D eigenvalue weighted by Gasteiger charge is -2.16. The van der Waals surface area contributed by atoms with Crippen LogP contribution < -0.4 is 5.32 Å². The molecule has 1 N–H and O–H groups in total. The molecule has 0 saturated carbocycles. The van der Waals surface area contributed by atoms with Crippen LogP contribution in [0.2, 0.25) is 0 Å². The average molecular weight is 298 g/mol. The van der Waals surface area contributed by atoms with Crippen LogP contribution in [0.15, 0.2) is 18.2 Å². The molecule has 1 aromatic carbocycles. The fraction of sp³-hybridized carbons (Fsp3) is 0.500. The number of carbonyl (C=O) groups excluding carboxylic acids is 1. The van der Waals surface area contributed by atoms with Gasteiger partial charge in [-0.3, -0.25) is 4.79 Å². The van der Waals surface area contributed by atoms with Crippen LogP contribution in [0.5, 0.6) is 0 Å². The Morgan fingerprint density at radius 2 is 1.88 bits per heavy atom. The molecule has 3 heteroatoms. The molecule has 0 bridgehead atoms. The normalized spacial score (nSPS) is 12.2. The van der Waals surface area contributed by atoms with E-state index < -0.39 is 0 Å². The summed E-state index contributed by atoms with van der Waals surface area (Å²) >= 11 is 3.41. The van der Waals surface area contributed by atoms with E-state index in [1.807, 2.05) is 26.0 Å². The second-order valence-electron chi connectivity index (χ2n) is 4.43. The van der Waals surface area contributed by atoms with Crippen molar-refractivity contribution >= 4 is 21.8 Å². The number of benzene rings is 1. The number of hydrogen-bond donors (Lipinski definition) is 1. The van der Waals surface area contributed by atoms with E-state index in [9.17, 15) is 4.79 Å². The zero-order valence-corrected chi connectivity index (χ0v) is 12.3. The minimum atomic E-state index is 0.0320. The van der Waals surface area contributed by atoms with Gasteiger partial charge in [-0.1, -0.05) is 40.0 Å². The largest absolute Gasteiger partial charge is 0.349 e. The van der Waals surface area contributed by atoms with Crippen molar-refractivity contribution in [3.8, 4) is 0 Å². The van der Waals surface area contributed by atoms with Crippen molar-refractivity contribution < 1.29 is 4.79 Å². The maximum absolute atomic E-state index is 12.1. The van der Waals surface area contributed by atoms with Gasteiger partial charge in [0.05, 0.1) is 0 Å². The molecule has 0 aliphatic rings. The van der Waals surface area contributed by atoms with Crippen LogP contribution in [0.25, 0.3) is 0 Å². The highest BCUT2D eigenvalue weighted by atomic mass is 79.9. The molecule has 0 spiro atoms. The molecule has 0 heterocycles. The molecule has 0 aliphatic carbocycles. The van der Waals surface area contributed by atoms with E-state index in [1.165, 1.54) is 0 Å². The summed E-state index contributed by atoms with van der Waals surface area (Å²) in [6, 6.07) is 6.20. The number of alkyl halides is 1. The second kappa shape index (κ2) is 6.80. The van der Waals surface area contributed by atoms with E-state index >= 15 is 0 Å². The van der Waals surface area contributed by atoms with Gasteiger partial charge >= 0.3 is 0 Å². The summed E-state index contributed by atoms with van der Waals surface area (Å²) in [5.41, 5.74) is 3.02. The summed E-state index contributed by atoms with van der Waals surface area (Å²) in [6.07, 6.45) is 1.93. The molecule has 0 aliphatic heterocycles. The number of halogens is 1. The number of amides is 1. The van der Waals surface area contributed by atoms with Gasteiger partial charge in [-0.15, -0.1) is 0 Å². The third-order valence-corrected chi connectivity index (χ3v) is 3.23. The maximum Gasteiger partial charge on any atom is 0.251 e. The Balaban J connectivity index is 2.75. The van der Waals surface area contributed by atoms with E-state index in [-0.39, 0.29) is 11.9 Å². The lowest BCUT2D eigenvalue weighted by atomic mass is 10.1. The Bertz CT molecular complexity index is 370. The van der Waals surface area contributed by atoms with Gasteiger partial charge in [0.1, 0.15) is 0 Å². The molecule has 0 fully saturated rings.